The average molecular weight is 453 g/mol. The zero-order chi connectivity index (χ0) is 22.0. The number of hydrogen-bond donors (Lipinski definition) is 4. The number of aromatic nitrogens is 1. The number of oxime groups is 1. The predicted octanol–water partition coefficient (Wildman–Crippen LogP) is -0.545. The molecule has 2 atom stereocenters. The molecule has 1 aromatic heterocycles. The second kappa shape index (κ2) is 8.54. The SMILES string of the molecule is C=CC1=C(C(=O)O)N2C(=O)[C@H](NC(=O)/C(=N/OCC(=O)O)c3csc(N)n3)[C@H]2SC1. The Kier molecular flexibility index (Phi) is 6.07. The Morgan fingerprint density at radius 1 is 1.47 bits per heavy atom. The third-order valence-electron chi connectivity index (χ3n) is 4.06. The molecule has 3 heterocycles. The highest BCUT2D eigenvalue weighted by molar-refractivity contribution is 8.00. The first kappa shape index (κ1) is 21.3. The van der Waals surface area contributed by atoms with Gasteiger partial charge in [-0.15, -0.1) is 23.1 Å². The minimum Gasteiger partial charge on any atom is -0.479 e. The van der Waals surface area contributed by atoms with Gasteiger partial charge >= 0.3 is 11.9 Å². The van der Waals surface area contributed by atoms with Gasteiger partial charge in [0.2, 0.25) is 6.61 Å². The molecule has 1 aromatic rings. The lowest BCUT2D eigenvalue weighted by atomic mass is 10.0. The number of amides is 2. The van der Waals surface area contributed by atoms with Crippen LogP contribution in [0, 0.1) is 0 Å². The molecule has 0 bridgehead atoms. The highest BCUT2D eigenvalue weighted by Crippen LogP contribution is 2.40. The van der Waals surface area contributed by atoms with E-state index in [0.717, 1.165) is 16.2 Å². The van der Waals surface area contributed by atoms with Gasteiger partial charge in [-0.05, 0) is 5.57 Å². The molecule has 3 rings (SSSR count). The maximum Gasteiger partial charge on any atom is 0.352 e. The van der Waals surface area contributed by atoms with Gasteiger partial charge in [0.1, 0.15) is 22.8 Å². The number of allylic oxidation sites excluding steroid dienone is 1. The number of carboxylic acids is 2. The summed E-state index contributed by atoms with van der Waals surface area (Å²) in [6.45, 7) is 2.77. The number of anilines is 1. The summed E-state index contributed by atoms with van der Waals surface area (Å²) >= 11 is 2.30. The number of β-lactam (4-membered cyclic amide) rings is 1. The smallest absolute Gasteiger partial charge is 0.352 e. The maximum atomic E-state index is 12.7. The number of fused-ring (bicyclic) bond motifs is 1. The number of nitrogens with one attached hydrogen (secondary N) is 1. The Labute approximate surface area is 177 Å². The summed E-state index contributed by atoms with van der Waals surface area (Å²) < 4.78 is 0. The molecule has 1 fully saturated rings. The van der Waals surface area contributed by atoms with Gasteiger partial charge in [-0.1, -0.05) is 17.8 Å². The molecule has 1 saturated heterocycles. The molecule has 0 saturated carbocycles. The molecule has 158 valence electrons. The van der Waals surface area contributed by atoms with E-state index in [1.807, 2.05) is 0 Å². The minimum absolute atomic E-state index is 0.0420. The Balaban J connectivity index is 1.79. The highest BCUT2D eigenvalue weighted by atomic mass is 32.2. The molecule has 2 aliphatic rings. The number of hydrogen-bond acceptors (Lipinski definition) is 10. The Morgan fingerprint density at radius 2 is 2.20 bits per heavy atom. The second-order valence-corrected chi connectivity index (χ2v) is 7.92. The number of rotatable bonds is 8. The monoisotopic (exact) mass is 453 g/mol. The molecule has 0 spiro atoms. The fraction of sp³-hybridized carbons (Fsp3) is 0.250. The highest BCUT2D eigenvalue weighted by Gasteiger charge is 2.54. The van der Waals surface area contributed by atoms with Gasteiger partial charge in [0, 0.05) is 11.1 Å². The first-order valence-electron chi connectivity index (χ1n) is 8.22. The third kappa shape index (κ3) is 3.99. The molecule has 12 nitrogen and oxygen atoms in total. The van der Waals surface area contributed by atoms with Gasteiger partial charge in [-0.2, -0.15) is 0 Å². The number of carbonyl (C=O) groups excluding carboxylic acids is 2. The lowest BCUT2D eigenvalue weighted by molar-refractivity contribution is -0.150. The zero-order valence-corrected chi connectivity index (χ0v) is 16.7. The topological polar surface area (TPSA) is 185 Å². The molecule has 5 N–H and O–H groups in total. The van der Waals surface area contributed by atoms with E-state index in [4.69, 9.17) is 10.8 Å². The largest absolute Gasteiger partial charge is 0.479 e. The predicted molar refractivity (Wildman–Crippen MR) is 107 cm³/mol. The average Bonchev–Trinajstić information content (AvgIpc) is 3.13. The van der Waals surface area contributed by atoms with Crippen molar-refractivity contribution < 1.29 is 34.2 Å². The van der Waals surface area contributed by atoms with Crippen LogP contribution in [0.15, 0.2) is 34.5 Å². The van der Waals surface area contributed by atoms with E-state index in [0.29, 0.717) is 11.3 Å². The summed E-state index contributed by atoms with van der Waals surface area (Å²) in [6.07, 6.45) is 1.38. The quantitative estimate of drug-likeness (QED) is 0.226. The van der Waals surface area contributed by atoms with Crippen LogP contribution in [0.5, 0.6) is 0 Å². The van der Waals surface area contributed by atoms with Crippen molar-refractivity contribution in [2.45, 2.75) is 11.4 Å². The summed E-state index contributed by atoms with van der Waals surface area (Å²) in [5.74, 6) is -3.72. The first-order chi connectivity index (χ1) is 14.2. The van der Waals surface area contributed by atoms with Crippen molar-refractivity contribution in [3.63, 3.8) is 0 Å². The Morgan fingerprint density at radius 3 is 2.77 bits per heavy atom. The van der Waals surface area contributed by atoms with E-state index in [9.17, 15) is 24.3 Å². The maximum absolute atomic E-state index is 12.7. The molecule has 30 heavy (non-hydrogen) atoms. The van der Waals surface area contributed by atoms with Crippen LogP contribution in [-0.2, 0) is 24.0 Å². The van der Waals surface area contributed by atoms with Crippen molar-refractivity contribution in [1.82, 2.24) is 15.2 Å². The van der Waals surface area contributed by atoms with Gasteiger partial charge in [0.25, 0.3) is 11.8 Å². The molecule has 0 radical (unpaired) electrons. The number of nitrogens with two attached hydrogens (primary N) is 1. The van der Waals surface area contributed by atoms with Crippen molar-refractivity contribution in [3.8, 4) is 0 Å². The van der Waals surface area contributed by atoms with Crippen molar-refractivity contribution in [2.24, 2.45) is 5.16 Å². The molecular weight excluding hydrogens is 438 g/mol. The molecular formula is C16H15N5O7S2. The fourth-order valence-corrected chi connectivity index (χ4v) is 4.65. The standard InChI is InChI=1S/C16H15N5O7S2/c1-2-6-4-29-14-10(13(25)21(14)11(6)15(26)27)19-12(24)9(20-28-3-8(22)23)7-5-30-16(17)18-7/h2,5,10,14H,1,3-4H2,(H2,17,18)(H,19,24)(H,22,23)(H,26,27)/b20-9+/t10-,14+/m0/s1. The van der Waals surface area contributed by atoms with Crippen LogP contribution in [0.2, 0.25) is 0 Å². The summed E-state index contributed by atoms with van der Waals surface area (Å²) in [6, 6.07) is -1.01. The summed E-state index contributed by atoms with van der Waals surface area (Å²) in [7, 11) is 0. The van der Waals surface area contributed by atoms with E-state index in [1.54, 1.807) is 0 Å². The van der Waals surface area contributed by atoms with E-state index in [-0.39, 0.29) is 22.2 Å². The number of thioether (sulfide) groups is 1. The lowest BCUT2D eigenvalue weighted by Gasteiger charge is -2.49. The van der Waals surface area contributed by atoms with E-state index in [1.165, 1.54) is 23.2 Å². The van der Waals surface area contributed by atoms with Crippen molar-refractivity contribution in [2.75, 3.05) is 18.1 Å². The van der Waals surface area contributed by atoms with Gasteiger partial charge in [0.05, 0.1) is 0 Å². The molecule has 14 heteroatoms. The number of thiazole rings is 1. The van der Waals surface area contributed by atoms with Crippen LogP contribution in [0.1, 0.15) is 5.69 Å². The van der Waals surface area contributed by atoms with Crippen molar-refractivity contribution >= 4 is 57.7 Å². The number of nitrogens with zero attached hydrogens (tertiary/aromatic N) is 3. The molecule has 2 aliphatic heterocycles. The lowest BCUT2D eigenvalue weighted by Crippen LogP contribution is -2.71. The first-order valence-corrected chi connectivity index (χ1v) is 10.1. The Hall–Kier alpha value is -3.39. The van der Waals surface area contributed by atoms with Gasteiger partial charge in [-0.25, -0.2) is 14.6 Å². The van der Waals surface area contributed by atoms with Crippen molar-refractivity contribution in [1.29, 1.82) is 0 Å². The number of carboxylic acid groups (broad SMARTS) is 2. The Bertz CT molecular complexity index is 1000. The summed E-state index contributed by atoms with van der Waals surface area (Å²) in [5.41, 5.74) is 5.48. The number of aliphatic carboxylic acids is 2. The van der Waals surface area contributed by atoms with Gasteiger partial charge in [0.15, 0.2) is 10.8 Å². The zero-order valence-electron chi connectivity index (χ0n) is 15.1. The molecule has 0 unspecified atom stereocenters. The minimum atomic E-state index is -1.30. The molecule has 0 aromatic carbocycles. The van der Waals surface area contributed by atoms with Crippen LogP contribution in [0.4, 0.5) is 5.13 Å². The van der Waals surface area contributed by atoms with E-state index < -0.39 is 41.8 Å². The van der Waals surface area contributed by atoms with Crippen LogP contribution in [0.25, 0.3) is 0 Å². The normalized spacial score (nSPS) is 20.9. The number of nitrogen functional groups attached to an aromatic ring is 1. The summed E-state index contributed by atoms with van der Waals surface area (Å²) in [4.78, 5) is 57.1. The fourth-order valence-electron chi connectivity index (χ4n) is 2.76. The molecule has 2 amide bonds. The summed E-state index contributed by atoms with van der Waals surface area (Å²) in [5, 5.41) is 25.0. The number of carbonyl (C=O) groups is 4. The van der Waals surface area contributed by atoms with Gasteiger partial charge in [-0.3, -0.25) is 14.5 Å². The van der Waals surface area contributed by atoms with Crippen LogP contribution in [-0.4, -0.2) is 73.3 Å². The molecule has 0 aliphatic carbocycles. The van der Waals surface area contributed by atoms with Crippen LogP contribution in [0.3, 0.4) is 0 Å². The van der Waals surface area contributed by atoms with E-state index >= 15 is 0 Å². The van der Waals surface area contributed by atoms with Crippen LogP contribution < -0.4 is 11.1 Å². The van der Waals surface area contributed by atoms with Crippen molar-refractivity contribution in [3.05, 3.63) is 35.0 Å². The van der Waals surface area contributed by atoms with Crippen LogP contribution >= 0.6 is 23.1 Å². The second-order valence-electron chi connectivity index (χ2n) is 5.92. The van der Waals surface area contributed by atoms with E-state index in [2.05, 4.69) is 26.9 Å². The van der Waals surface area contributed by atoms with Gasteiger partial charge < -0.3 is 26.1 Å². The third-order valence-corrected chi connectivity index (χ3v) is 6.03.